The van der Waals surface area contributed by atoms with Crippen LogP contribution in [0.25, 0.3) is 0 Å². The molecule has 1 unspecified atom stereocenters. The average Bonchev–Trinajstić information content (AvgIpc) is 2.67. The van der Waals surface area contributed by atoms with Crippen molar-refractivity contribution in [3.05, 3.63) is 65.5 Å². The summed E-state index contributed by atoms with van der Waals surface area (Å²) in [6.07, 6.45) is -4.16. The Morgan fingerprint density at radius 2 is 1.73 bits per heavy atom. The molecular formula is C19H18F4N2O. The van der Waals surface area contributed by atoms with Crippen LogP contribution in [0.5, 0.6) is 0 Å². The van der Waals surface area contributed by atoms with Gasteiger partial charge in [0.05, 0.1) is 16.7 Å². The molecule has 1 aliphatic rings. The Morgan fingerprint density at radius 1 is 1.08 bits per heavy atom. The van der Waals surface area contributed by atoms with Gasteiger partial charge < -0.3 is 5.32 Å². The highest BCUT2D eigenvalue weighted by Crippen LogP contribution is 2.39. The topological polar surface area (TPSA) is 42.0 Å². The molecule has 1 saturated heterocycles. The normalized spacial score (nSPS) is 18.3. The number of pyridine rings is 1. The molecule has 26 heavy (non-hydrogen) atoms. The maximum absolute atomic E-state index is 15.0. The van der Waals surface area contributed by atoms with Crippen molar-refractivity contribution in [1.82, 2.24) is 10.3 Å². The number of rotatable bonds is 4. The Labute approximate surface area is 148 Å². The lowest BCUT2D eigenvalue weighted by Gasteiger charge is -2.36. The van der Waals surface area contributed by atoms with E-state index in [1.165, 1.54) is 0 Å². The first-order chi connectivity index (χ1) is 12.3. The summed E-state index contributed by atoms with van der Waals surface area (Å²) in [5.41, 5.74) is -1.52. The van der Waals surface area contributed by atoms with Crippen LogP contribution in [-0.4, -0.2) is 23.9 Å². The van der Waals surface area contributed by atoms with Crippen molar-refractivity contribution in [2.75, 3.05) is 13.1 Å². The second kappa shape index (κ2) is 7.15. The van der Waals surface area contributed by atoms with E-state index in [0.29, 0.717) is 31.6 Å². The van der Waals surface area contributed by atoms with E-state index in [1.807, 2.05) is 0 Å². The van der Waals surface area contributed by atoms with E-state index >= 15 is 0 Å². The zero-order valence-electron chi connectivity index (χ0n) is 13.9. The first-order valence-electron chi connectivity index (χ1n) is 8.32. The van der Waals surface area contributed by atoms with Crippen molar-refractivity contribution in [3.63, 3.8) is 0 Å². The summed E-state index contributed by atoms with van der Waals surface area (Å²) in [6.45, 7) is 1.09. The summed E-state index contributed by atoms with van der Waals surface area (Å²) in [6, 6.07) is 8.80. The Kier molecular flexibility index (Phi) is 5.09. The van der Waals surface area contributed by atoms with Gasteiger partial charge in [-0.25, -0.2) is 4.39 Å². The van der Waals surface area contributed by atoms with Gasteiger partial charge in [0.2, 0.25) is 0 Å². The van der Waals surface area contributed by atoms with Crippen LogP contribution < -0.4 is 5.32 Å². The molecule has 1 fully saturated rings. The predicted molar refractivity (Wildman–Crippen MR) is 88.3 cm³/mol. The highest BCUT2D eigenvalue weighted by Gasteiger charge is 2.46. The molecular weight excluding hydrogens is 348 g/mol. The molecule has 0 radical (unpaired) electrons. The first kappa shape index (κ1) is 18.5. The molecule has 1 atom stereocenters. The molecule has 2 heterocycles. The molecule has 0 spiro atoms. The summed E-state index contributed by atoms with van der Waals surface area (Å²) in [4.78, 5) is 17.3. The van der Waals surface area contributed by atoms with Crippen molar-refractivity contribution in [2.45, 2.75) is 30.6 Å². The molecule has 1 aromatic heterocycles. The minimum Gasteiger partial charge on any atom is -0.317 e. The van der Waals surface area contributed by atoms with Crippen LogP contribution in [0, 0.1) is 0 Å². The molecule has 2 aromatic rings. The lowest BCUT2D eigenvalue weighted by atomic mass is 9.70. The van der Waals surface area contributed by atoms with E-state index < -0.39 is 29.1 Å². The quantitative estimate of drug-likeness (QED) is 0.832. The third kappa shape index (κ3) is 3.49. The number of piperidine rings is 1. The number of carbonyl (C=O) groups is 1. The Bertz CT molecular complexity index is 753. The van der Waals surface area contributed by atoms with Crippen LogP contribution in [-0.2, 0) is 16.4 Å². The molecule has 0 saturated carbocycles. The zero-order chi connectivity index (χ0) is 18.8. The van der Waals surface area contributed by atoms with E-state index in [9.17, 15) is 22.4 Å². The van der Waals surface area contributed by atoms with Gasteiger partial charge in [-0.2, -0.15) is 13.2 Å². The molecule has 0 aliphatic carbocycles. The second-order valence-corrected chi connectivity index (χ2v) is 6.39. The van der Waals surface area contributed by atoms with Crippen LogP contribution >= 0.6 is 0 Å². The number of carbonyl (C=O) groups excluding carboxylic acids is 1. The fourth-order valence-electron chi connectivity index (χ4n) is 3.36. The average molecular weight is 366 g/mol. The smallest absolute Gasteiger partial charge is 0.317 e. The van der Waals surface area contributed by atoms with Crippen molar-refractivity contribution < 1.29 is 22.4 Å². The fourth-order valence-corrected chi connectivity index (χ4v) is 3.36. The predicted octanol–water partition coefficient (Wildman–Crippen LogP) is 4.00. The van der Waals surface area contributed by atoms with Crippen LogP contribution in [0.15, 0.2) is 48.7 Å². The van der Waals surface area contributed by atoms with E-state index in [-0.39, 0.29) is 5.56 Å². The zero-order valence-corrected chi connectivity index (χ0v) is 13.9. The van der Waals surface area contributed by atoms with Crippen molar-refractivity contribution in [2.24, 2.45) is 0 Å². The standard InChI is InChI=1S/C19H18F4N2O/c20-16(13-4-6-14(7-5-13)19(21,22)23)17(26)18(8-11-24-12-9-18)15-3-1-2-10-25-15/h1-7,10,16,24H,8-9,11-12H2. The van der Waals surface area contributed by atoms with Gasteiger partial charge in [-0.3, -0.25) is 9.78 Å². The molecule has 1 aromatic carbocycles. The van der Waals surface area contributed by atoms with E-state index in [2.05, 4.69) is 10.3 Å². The van der Waals surface area contributed by atoms with Crippen LogP contribution in [0.1, 0.15) is 35.8 Å². The Morgan fingerprint density at radius 3 is 2.27 bits per heavy atom. The Balaban J connectivity index is 1.92. The SMILES string of the molecule is O=C(C(F)c1ccc(C(F)(F)F)cc1)C1(c2ccccn2)CCNCC1. The minimum atomic E-state index is -4.50. The summed E-state index contributed by atoms with van der Waals surface area (Å²) in [7, 11) is 0. The van der Waals surface area contributed by atoms with Gasteiger partial charge in [-0.1, -0.05) is 18.2 Å². The third-order valence-electron chi connectivity index (χ3n) is 4.84. The number of halogens is 4. The van der Waals surface area contributed by atoms with E-state index in [1.54, 1.807) is 24.4 Å². The number of hydrogen-bond donors (Lipinski definition) is 1. The summed E-state index contributed by atoms with van der Waals surface area (Å²) in [5, 5.41) is 3.14. The summed E-state index contributed by atoms with van der Waals surface area (Å²) in [5.74, 6) is -0.655. The molecule has 7 heteroatoms. The highest BCUT2D eigenvalue weighted by molar-refractivity contribution is 5.94. The van der Waals surface area contributed by atoms with Gasteiger partial charge in [-0.05, 0) is 55.8 Å². The summed E-state index contributed by atoms with van der Waals surface area (Å²) >= 11 is 0. The van der Waals surface area contributed by atoms with Crippen molar-refractivity contribution in [3.8, 4) is 0 Å². The van der Waals surface area contributed by atoms with Gasteiger partial charge in [0.1, 0.15) is 0 Å². The lowest BCUT2D eigenvalue weighted by Crippen LogP contribution is -2.47. The van der Waals surface area contributed by atoms with E-state index in [4.69, 9.17) is 0 Å². The number of ketones is 1. The maximum atomic E-state index is 15.0. The number of nitrogens with zero attached hydrogens (tertiary/aromatic N) is 1. The van der Waals surface area contributed by atoms with Gasteiger partial charge in [0.15, 0.2) is 12.0 Å². The number of Topliss-reactive ketones (excluding diaryl/α,β-unsaturated/α-hetero) is 1. The number of benzene rings is 1. The number of nitrogens with one attached hydrogen (secondary N) is 1. The van der Waals surface area contributed by atoms with Crippen molar-refractivity contribution >= 4 is 5.78 Å². The first-order valence-corrected chi connectivity index (χ1v) is 8.32. The van der Waals surface area contributed by atoms with Gasteiger partial charge >= 0.3 is 6.18 Å². The van der Waals surface area contributed by atoms with Crippen molar-refractivity contribution in [1.29, 1.82) is 0 Å². The van der Waals surface area contributed by atoms with Crippen LogP contribution in [0.3, 0.4) is 0 Å². The Hall–Kier alpha value is -2.28. The third-order valence-corrected chi connectivity index (χ3v) is 4.84. The van der Waals surface area contributed by atoms with E-state index in [0.717, 1.165) is 24.3 Å². The second-order valence-electron chi connectivity index (χ2n) is 6.39. The highest BCUT2D eigenvalue weighted by atomic mass is 19.4. The molecule has 0 amide bonds. The van der Waals surface area contributed by atoms with Gasteiger partial charge in [-0.15, -0.1) is 0 Å². The minimum absolute atomic E-state index is 0.0724. The summed E-state index contributed by atoms with van der Waals surface area (Å²) < 4.78 is 53.0. The molecule has 0 bridgehead atoms. The van der Waals surface area contributed by atoms with Gasteiger partial charge in [0, 0.05) is 6.20 Å². The molecule has 1 aliphatic heterocycles. The van der Waals surface area contributed by atoms with Gasteiger partial charge in [0.25, 0.3) is 0 Å². The van der Waals surface area contributed by atoms with Crippen LogP contribution in [0.2, 0.25) is 0 Å². The molecule has 3 rings (SSSR count). The monoisotopic (exact) mass is 366 g/mol. The lowest BCUT2D eigenvalue weighted by molar-refractivity contribution is -0.137. The number of hydrogen-bond acceptors (Lipinski definition) is 3. The number of alkyl halides is 4. The number of aromatic nitrogens is 1. The molecule has 1 N–H and O–H groups in total. The maximum Gasteiger partial charge on any atom is 0.416 e. The fraction of sp³-hybridized carbons (Fsp3) is 0.368. The largest absolute Gasteiger partial charge is 0.416 e. The molecule has 138 valence electrons. The van der Waals surface area contributed by atoms with Crippen LogP contribution in [0.4, 0.5) is 17.6 Å². The molecule has 3 nitrogen and oxygen atoms in total.